The Kier molecular flexibility index (Phi) is 3.16. The highest BCUT2D eigenvalue weighted by atomic mass is 16.3. The Morgan fingerprint density at radius 1 is 0.783 bits per heavy atom. The van der Waals surface area contributed by atoms with Gasteiger partial charge in [-0.25, -0.2) is 9.97 Å². The minimum Gasteiger partial charge on any atom is -0.508 e. The lowest BCUT2D eigenvalue weighted by Gasteiger charge is -2.09. The molecule has 0 fully saturated rings. The van der Waals surface area contributed by atoms with Crippen LogP contribution in [-0.2, 0) is 0 Å². The lowest BCUT2D eigenvalue weighted by molar-refractivity contribution is 0.475. The number of phenolic OH excluding ortho intramolecular Hbond substituents is 1. The molecule has 4 aromatic rings. The van der Waals surface area contributed by atoms with Gasteiger partial charge in [0.1, 0.15) is 11.6 Å². The van der Waals surface area contributed by atoms with Crippen molar-refractivity contribution in [2.24, 2.45) is 0 Å². The van der Waals surface area contributed by atoms with Gasteiger partial charge in [0.25, 0.3) is 0 Å². The third-order valence-electron chi connectivity index (χ3n) is 3.70. The average Bonchev–Trinajstić information content (AvgIpc) is 3.28. The van der Waals surface area contributed by atoms with Gasteiger partial charge in [-0.2, -0.15) is 0 Å². The molecule has 0 aliphatic carbocycles. The van der Waals surface area contributed by atoms with E-state index in [-0.39, 0.29) is 5.75 Å². The molecule has 112 valence electrons. The van der Waals surface area contributed by atoms with E-state index in [1.807, 2.05) is 57.9 Å². The molecule has 0 atom stereocenters. The van der Waals surface area contributed by atoms with Crippen molar-refractivity contribution in [3.8, 4) is 28.5 Å². The van der Waals surface area contributed by atoms with Crippen LogP contribution < -0.4 is 0 Å². The van der Waals surface area contributed by atoms with E-state index in [2.05, 4.69) is 9.97 Å². The largest absolute Gasteiger partial charge is 0.508 e. The van der Waals surface area contributed by atoms with Crippen molar-refractivity contribution in [3.63, 3.8) is 0 Å². The summed E-state index contributed by atoms with van der Waals surface area (Å²) in [5.41, 5.74) is 3.03. The van der Waals surface area contributed by atoms with E-state index in [4.69, 9.17) is 0 Å². The lowest BCUT2D eigenvalue weighted by Crippen LogP contribution is -1.97. The zero-order valence-electron chi connectivity index (χ0n) is 12.2. The van der Waals surface area contributed by atoms with Crippen molar-refractivity contribution >= 4 is 0 Å². The molecule has 0 radical (unpaired) electrons. The minimum absolute atomic E-state index is 0.247. The van der Waals surface area contributed by atoms with Crippen LogP contribution in [0.1, 0.15) is 0 Å². The van der Waals surface area contributed by atoms with Crippen molar-refractivity contribution in [2.75, 3.05) is 0 Å². The Bertz CT molecular complexity index is 907. The first-order chi connectivity index (χ1) is 11.3. The number of rotatable bonds is 3. The van der Waals surface area contributed by atoms with Gasteiger partial charge in [0.05, 0.1) is 6.33 Å². The summed E-state index contributed by atoms with van der Waals surface area (Å²) in [7, 11) is 0. The van der Waals surface area contributed by atoms with Gasteiger partial charge in [0.15, 0.2) is 0 Å². The van der Waals surface area contributed by atoms with Gasteiger partial charge in [-0.1, -0.05) is 0 Å². The molecular formula is C18H14N4O. The second-order valence-corrected chi connectivity index (χ2v) is 5.15. The van der Waals surface area contributed by atoms with Gasteiger partial charge in [0.2, 0.25) is 0 Å². The fourth-order valence-corrected chi connectivity index (χ4v) is 2.53. The van der Waals surface area contributed by atoms with E-state index >= 15 is 0 Å². The second kappa shape index (κ2) is 5.46. The number of nitrogens with zero attached hydrogens (tertiary/aromatic N) is 4. The molecule has 2 heterocycles. The summed E-state index contributed by atoms with van der Waals surface area (Å²) in [6.45, 7) is 0. The van der Waals surface area contributed by atoms with Gasteiger partial charge >= 0.3 is 0 Å². The Morgan fingerprint density at radius 2 is 1.52 bits per heavy atom. The van der Waals surface area contributed by atoms with Crippen LogP contribution in [0.25, 0.3) is 22.8 Å². The molecule has 0 amide bonds. The van der Waals surface area contributed by atoms with Gasteiger partial charge in [-0.05, 0) is 48.5 Å². The summed E-state index contributed by atoms with van der Waals surface area (Å²) in [4.78, 5) is 8.49. The van der Waals surface area contributed by atoms with E-state index in [0.717, 1.165) is 22.8 Å². The number of benzene rings is 2. The molecule has 0 saturated heterocycles. The summed E-state index contributed by atoms with van der Waals surface area (Å²) in [6, 6.07) is 15.2. The highest BCUT2D eigenvalue weighted by Gasteiger charge is 2.08. The molecule has 0 aliphatic heterocycles. The zero-order valence-corrected chi connectivity index (χ0v) is 12.2. The molecule has 0 saturated carbocycles. The van der Waals surface area contributed by atoms with Gasteiger partial charge in [0, 0.05) is 41.7 Å². The fraction of sp³-hybridized carbons (Fsp3) is 0. The number of aromatic nitrogens is 4. The Balaban J connectivity index is 1.72. The Hall–Kier alpha value is -3.34. The number of phenols is 1. The highest BCUT2D eigenvalue weighted by Crippen LogP contribution is 2.24. The molecule has 0 bridgehead atoms. The maximum Gasteiger partial charge on any atom is 0.144 e. The van der Waals surface area contributed by atoms with E-state index in [1.165, 1.54) is 0 Å². The Labute approximate surface area is 133 Å². The molecular weight excluding hydrogens is 288 g/mol. The number of imidazole rings is 2. The van der Waals surface area contributed by atoms with E-state index in [9.17, 15) is 5.11 Å². The monoisotopic (exact) mass is 302 g/mol. The molecule has 5 heteroatoms. The smallest absolute Gasteiger partial charge is 0.144 e. The average molecular weight is 302 g/mol. The molecule has 23 heavy (non-hydrogen) atoms. The summed E-state index contributed by atoms with van der Waals surface area (Å²) in [5, 5.41) is 9.43. The number of hydrogen-bond acceptors (Lipinski definition) is 3. The van der Waals surface area contributed by atoms with Crippen LogP contribution in [0.3, 0.4) is 0 Å². The molecule has 4 rings (SSSR count). The Morgan fingerprint density at radius 3 is 2.22 bits per heavy atom. The number of aromatic hydroxyl groups is 1. The normalized spacial score (nSPS) is 10.8. The number of hydrogen-bond donors (Lipinski definition) is 1. The van der Waals surface area contributed by atoms with Crippen molar-refractivity contribution in [1.29, 1.82) is 0 Å². The summed E-state index contributed by atoms with van der Waals surface area (Å²) in [5.74, 6) is 1.08. The molecule has 5 nitrogen and oxygen atoms in total. The van der Waals surface area contributed by atoms with Crippen LogP contribution in [0, 0.1) is 0 Å². The molecule has 2 aromatic carbocycles. The summed E-state index contributed by atoms with van der Waals surface area (Å²) >= 11 is 0. The third-order valence-corrected chi connectivity index (χ3v) is 3.70. The predicted molar refractivity (Wildman–Crippen MR) is 87.8 cm³/mol. The predicted octanol–water partition coefficient (Wildman–Crippen LogP) is 3.43. The van der Waals surface area contributed by atoms with E-state index < -0.39 is 0 Å². The minimum atomic E-state index is 0.247. The quantitative estimate of drug-likeness (QED) is 0.631. The molecule has 2 aromatic heterocycles. The maximum atomic E-state index is 9.43. The highest BCUT2D eigenvalue weighted by molar-refractivity contribution is 5.60. The first-order valence-electron chi connectivity index (χ1n) is 7.23. The summed E-state index contributed by atoms with van der Waals surface area (Å²) in [6.07, 6.45) is 9.13. The van der Waals surface area contributed by atoms with Gasteiger partial charge in [-0.15, -0.1) is 0 Å². The zero-order chi connectivity index (χ0) is 15.6. The maximum absolute atomic E-state index is 9.43. The molecule has 1 N–H and O–H groups in total. The SMILES string of the molecule is Oc1ccc(-c2nccn2-c2ccc(-n3ccnc3)cc2)cc1. The van der Waals surface area contributed by atoms with Gasteiger partial charge < -0.3 is 9.67 Å². The standard InChI is InChI=1S/C18H14N4O/c23-17-7-1-14(2-8-17)18-20-10-12-22(18)16-5-3-15(4-6-16)21-11-9-19-13-21/h1-13,23H. The first-order valence-corrected chi connectivity index (χ1v) is 7.23. The van der Waals surface area contributed by atoms with Crippen molar-refractivity contribution in [2.45, 2.75) is 0 Å². The van der Waals surface area contributed by atoms with Crippen LogP contribution in [0.5, 0.6) is 5.75 Å². The van der Waals surface area contributed by atoms with Crippen LogP contribution in [0.2, 0.25) is 0 Å². The lowest BCUT2D eigenvalue weighted by atomic mass is 10.2. The van der Waals surface area contributed by atoms with E-state index in [1.54, 1.807) is 30.9 Å². The van der Waals surface area contributed by atoms with Crippen molar-refractivity contribution < 1.29 is 5.11 Å². The van der Waals surface area contributed by atoms with Crippen LogP contribution in [0.15, 0.2) is 79.6 Å². The van der Waals surface area contributed by atoms with Gasteiger partial charge in [-0.3, -0.25) is 4.57 Å². The second-order valence-electron chi connectivity index (χ2n) is 5.15. The van der Waals surface area contributed by atoms with Crippen LogP contribution in [0.4, 0.5) is 0 Å². The summed E-state index contributed by atoms with van der Waals surface area (Å²) < 4.78 is 3.97. The third kappa shape index (κ3) is 2.48. The molecule has 0 aliphatic rings. The fourth-order valence-electron chi connectivity index (χ4n) is 2.53. The first kappa shape index (κ1) is 13.3. The van der Waals surface area contributed by atoms with E-state index in [0.29, 0.717) is 0 Å². The van der Waals surface area contributed by atoms with Crippen LogP contribution >= 0.6 is 0 Å². The van der Waals surface area contributed by atoms with Crippen molar-refractivity contribution in [3.05, 3.63) is 79.6 Å². The molecule has 0 spiro atoms. The van der Waals surface area contributed by atoms with Crippen LogP contribution in [-0.4, -0.2) is 24.2 Å². The molecule has 0 unspecified atom stereocenters. The van der Waals surface area contributed by atoms with Crippen molar-refractivity contribution in [1.82, 2.24) is 19.1 Å². The topological polar surface area (TPSA) is 55.9 Å².